The Labute approximate surface area is 262 Å². The number of carbonyl (C=O) groups is 1. The molecule has 1 aromatic heterocycles. The van der Waals surface area contributed by atoms with Crippen molar-refractivity contribution in [3.63, 3.8) is 0 Å². The lowest BCUT2D eigenvalue weighted by Gasteiger charge is -2.39. The number of rotatable bonds is 8. The summed E-state index contributed by atoms with van der Waals surface area (Å²) in [4.78, 5) is 21.5. The maximum Gasteiger partial charge on any atom is 0.429 e. The zero-order chi connectivity index (χ0) is 31.8. The highest BCUT2D eigenvalue weighted by molar-refractivity contribution is 6.32. The first-order valence-electron chi connectivity index (χ1n) is 14.1. The van der Waals surface area contributed by atoms with Crippen LogP contribution in [0, 0.1) is 5.41 Å². The highest BCUT2D eigenvalue weighted by atomic mass is 35.5. The van der Waals surface area contributed by atoms with E-state index < -0.39 is 24.3 Å². The molecule has 2 fully saturated rings. The van der Waals surface area contributed by atoms with Gasteiger partial charge in [-0.2, -0.15) is 23.1 Å². The van der Waals surface area contributed by atoms with Gasteiger partial charge in [0.1, 0.15) is 17.6 Å². The minimum atomic E-state index is -4.85. The quantitative estimate of drug-likeness (QED) is 0.249. The molecule has 236 valence electrons. The Morgan fingerprint density at radius 3 is 2.45 bits per heavy atom. The number of nitrogen functional groups attached to an aromatic ring is 1. The van der Waals surface area contributed by atoms with Crippen molar-refractivity contribution in [2.24, 2.45) is 5.41 Å². The number of nitrogens with one attached hydrogen (secondary N) is 1. The smallest absolute Gasteiger partial charge is 0.429 e. The Hall–Kier alpha value is -3.48. The average Bonchev–Trinajstić information content (AvgIpc) is 3.36. The van der Waals surface area contributed by atoms with Gasteiger partial charge in [0.25, 0.3) is 0 Å². The summed E-state index contributed by atoms with van der Waals surface area (Å²) in [6, 6.07) is 9.51. The molecule has 2 aliphatic rings. The van der Waals surface area contributed by atoms with Crippen molar-refractivity contribution in [3.05, 3.63) is 58.1 Å². The van der Waals surface area contributed by atoms with Crippen LogP contribution >= 0.6 is 23.2 Å². The molecule has 2 aliphatic heterocycles. The largest absolute Gasteiger partial charge is 0.489 e. The standard InChI is InChI=1S/C30H32Cl2F3N5O4/c1-16(2)43-23-6-3-17(11-21(23)32)20-12-18(31)4-5-19(20)26(30(33,34)35)44-25-13-24(38-28(36)39-25)40-9-7-29(8-10-40)14-22(27(41)42)37-15-29/h3-6,11-13,16,22,26,37H,7-10,14-15H2,1-2H3,(H,41,42)(H2,36,38,39)/t22-,26?/m0/s1. The summed E-state index contributed by atoms with van der Waals surface area (Å²) in [5.41, 5.74) is 6.13. The number of anilines is 2. The van der Waals surface area contributed by atoms with E-state index in [1.165, 1.54) is 30.3 Å². The number of carboxylic acid groups (broad SMARTS) is 1. The zero-order valence-electron chi connectivity index (χ0n) is 24.0. The van der Waals surface area contributed by atoms with Gasteiger partial charge in [0.2, 0.25) is 17.9 Å². The molecule has 9 nitrogen and oxygen atoms in total. The van der Waals surface area contributed by atoms with Gasteiger partial charge in [0, 0.05) is 36.3 Å². The number of benzene rings is 2. The lowest BCUT2D eigenvalue weighted by atomic mass is 9.76. The van der Waals surface area contributed by atoms with Crippen molar-refractivity contribution < 1.29 is 32.5 Å². The third kappa shape index (κ3) is 7.08. The monoisotopic (exact) mass is 653 g/mol. The predicted octanol–water partition coefficient (Wildman–Crippen LogP) is 6.54. The molecule has 14 heteroatoms. The van der Waals surface area contributed by atoms with E-state index in [0.29, 0.717) is 56.0 Å². The summed E-state index contributed by atoms with van der Waals surface area (Å²) in [7, 11) is 0. The number of piperidine rings is 1. The van der Waals surface area contributed by atoms with Gasteiger partial charge in [-0.3, -0.25) is 4.79 Å². The Morgan fingerprint density at radius 1 is 1.11 bits per heavy atom. The fraction of sp³-hybridized carbons (Fsp3) is 0.433. The summed E-state index contributed by atoms with van der Waals surface area (Å²) in [5.74, 6) is -0.735. The van der Waals surface area contributed by atoms with E-state index in [1.807, 2.05) is 18.7 Å². The molecule has 3 aromatic rings. The molecule has 2 atom stereocenters. The minimum Gasteiger partial charge on any atom is -0.489 e. The second-order valence-corrected chi connectivity index (χ2v) is 12.3. The number of hydrogen-bond acceptors (Lipinski definition) is 8. The first kappa shape index (κ1) is 31.9. The van der Waals surface area contributed by atoms with Crippen molar-refractivity contribution in [1.82, 2.24) is 15.3 Å². The molecule has 0 aliphatic carbocycles. The molecule has 0 saturated carbocycles. The summed E-state index contributed by atoms with van der Waals surface area (Å²) < 4.78 is 55.2. The number of hydrogen-bond donors (Lipinski definition) is 3. The summed E-state index contributed by atoms with van der Waals surface area (Å²) >= 11 is 12.6. The number of alkyl halides is 3. The van der Waals surface area contributed by atoms with Gasteiger partial charge in [-0.05, 0) is 73.9 Å². The number of aliphatic carboxylic acids is 1. The number of nitrogens with two attached hydrogens (primary N) is 1. The third-order valence-electron chi connectivity index (χ3n) is 7.95. The van der Waals surface area contributed by atoms with E-state index in [0.717, 1.165) is 0 Å². The first-order valence-corrected chi connectivity index (χ1v) is 14.8. The lowest BCUT2D eigenvalue weighted by molar-refractivity contribution is -0.198. The summed E-state index contributed by atoms with van der Waals surface area (Å²) in [5, 5.41) is 12.9. The van der Waals surface area contributed by atoms with Crippen molar-refractivity contribution >= 4 is 40.9 Å². The van der Waals surface area contributed by atoms with Crippen molar-refractivity contribution in [2.45, 2.75) is 57.5 Å². The van der Waals surface area contributed by atoms with Crippen molar-refractivity contribution in [2.75, 3.05) is 30.3 Å². The Balaban J connectivity index is 1.42. The maximum absolute atomic E-state index is 14.7. The second-order valence-electron chi connectivity index (χ2n) is 11.5. The molecule has 0 radical (unpaired) electrons. The lowest BCUT2D eigenvalue weighted by Crippen LogP contribution is -2.41. The number of carboxylic acids is 1. The van der Waals surface area contributed by atoms with Gasteiger partial charge in [0.05, 0.1) is 11.1 Å². The van der Waals surface area contributed by atoms with Crippen LogP contribution in [0.25, 0.3) is 11.1 Å². The minimum absolute atomic E-state index is 0.150. The topological polar surface area (TPSA) is 123 Å². The van der Waals surface area contributed by atoms with Gasteiger partial charge >= 0.3 is 12.1 Å². The van der Waals surface area contributed by atoms with E-state index >= 15 is 0 Å². The molecule has 0 bridgehead atoms. The van der Waals surface area contributed by atoms with Crippen LogP contribution < -0.4 is 25.4 Å². The van der Waals surface area contributed by atoms with Crippen LogP contribution in [-0.2, 0) is 4.79 Å². The molecule has 3 heterocycles. The van der Waals surface area contributed by atoms with E-state index in [1.54, 1.807) is 12.1 Å². The van der Waals surface area contributed by atoms with E-state index in [2.05, 4.69) is 15.3 Å². The third-order valence-corrected chi connectivity index (χ3v) is 8.48. The molecule has 2 saturated heterocycles. The van der Waals surface area contributed by atoms with E-state index in [-0.39, 0.29) is 44.5 Å². The maximum atomic E-state index is 14.7. The molecule has 1 unspecified atom stereocenters. The fourth-order valence-corrected chi connectivity index (χ4v) is 6.18. The number of halogens is 5. The molecule has 44 heavy (non-hydrogen) atoms. The van der Waals surface area contributed by atoms with Crippen LogP contribution in [0.15, 0.2) is 42.5 Å². The Morgan fingerprint density at radius 2 is 1.84 bits per heavy atom. The highest BCUT2D eigenvalue weighted by Gasteiger charge is 2.46. The van der Waals surface area contributed by atoms with Crippen LogP contribution in [-0.4, -0.2) is 59.0 Å². The van der Waals surface area contributed by atoms with Gasteiger partial charge in [-0.25, -0.2) is 0 Å². The van der Waals surface area contributed by atoms with Crippen LogP contribution in [0.5, 0.6) is 11.6 Å². The average molecular weight is 655 g/mol. The number of nitrogens with zero attached hydrogens (tertiary/aromatic N) is 3. The van der Waals surface area contributed by atoms with Gasteiger partial charge < -0.3 is 30.5 Å². The fourth-order valence-electron chi connectivity index (χ4n) is 5.79. The summed E-state index contributed by atoms with van der Waals surface area (Å²) in [6.07, 6.45) is -5.53. The summed E-state index contributed by atoms with van der Waals surface area (Å²) in [6.45, 7) is 5.30. The molecule has 4 N–H and O–H groups in total. The van der Waals surface area contributed by atoms with Gasteiger partial charge in [0.15, 0.2) is 0 Å². The molecular weight excluding hydrogens is 622 g/mol. The number of aromatic nitrogens is 2. The number of ether oxygens (including phenoxy) is 2. The van der Waals surface area contributed by atoms with Crippen LogP contribution in [0.4, 0.5) is 24.9 Å². The molecule has 5 rings (SSSR count). The van der Waals surface area contributed by atoms with Crippen molar-refractivity contribution in [1.29, 1.82) is 0 Å². The predicted molar refractivity (Wildman–Crippen MR) is 161 cm³/mol. The zero-order valence-corrected chi connectivity index (χ0v) is 25.5. The highest BCUT2D eigenvalue weighted by Crippen LogP contribution is 2.44. The Bertz CT molecular complexity index is 1530. The van der Waals surface area contributed by atoms with Crippen LogP contribution in [0.3, 0.4) is 0 Å². The van der Waals surface area contributed by atoms with Crippen LogP contribution in [0.1, 0.15) is 44.8 Å². The van der Waals surface area contributed by atoms with Gasteiger partial charge in [-0.1, -0.05) is 35.3 Å². The molecular formula is C30H32Cl2F3N5O4. The van der Waals surface area contributed by atoms with E-state index in [9.17, 15) is 23.1 Å². The molecule has 2 aromatic carbocycles. The van der Waals surface area contributed by atoms with E-state index in [4.69, 9.17) is 38.4 Å². The first-order chi connectivity index (χ1) is 20.7. The SMILES string of the molecule is CC(C)Oc1ccc(-c2cc(Cl)ccc2C(Oc2cc(N3CCC4(CC3)CN[C@H](C(=O)O)C4)nc(N)n2)C(F)(F)F)cc1Cl. The van der Waals surface area contributed by atoms with Crippen LogP contribution in [0.2, 0.25) is 10.0 Å². The molecule has 0 amide bonds. The Kier molecular flexibility index (Phi) is 9.06. The van der Waals surface area contributed by atoms with Crippen molar-refractivity contribution in [3.8, 4) is 22.8 Å². The normalized spacial score (nSPS) is 18.9. The second kappa shape index (κ2) is 12.5. The van der Waals surface area contributed by atoms with Gasteiger partial charge in [-0.15, -0.1) is 0 Å². The molecule has 1 spiro atoms.